The number of esters is 1. The van der Waals surface area contributed by atoms with Crippen molar-refractivity contribution in [3.8, 4) is 0 Å². The Morgan fingerprint density at radius 3 is 2.50 bits per heavy atom. The third-order valence-electron chi connectivity index (χ3n) is 3.30. The zero-order valence-electron chi connectivity index (χ0n) is 8.63. The Bertz CT molecular complexity index is 217. The zero-order valence-corrected chi connectivity index (χ0v) is 8.63. The topological polar surface area (TPSA) is 52.3 Å². The number of ether oxygens (including phenoxy) is 1. The van der Waals surface area contributed by atoms with Crippen LogP contribution in [0.5, 0.6) is 0 Å². The lowest BCUT2D eigenvalue weighted by Gasteiger charge is -2.30. The molecule has 2 rings (SSSR count). The molecule has 3 heteroatoms. The maximum atomic E-state index is 11.7. The molecule has 2 saturated carbocycles. The molecule has 2 N–H and O–H groups in total. The summed E-state index contributed by atoms with van der Waals surface area (Å²) in [6, 6.07) is 0. The molecule has 0 aliphatic heterocycles. The van der Waals surface area contributed by atoms with Gasteiger partial charge in [-0.05, 0) is 31.6 Å². The van der Waals surface area contributed by atoms with Crippen LogP contribution in [-0.4, -0.2) is 18.1 Å². The van der Waals surface area contributed by atoms with Gasteiger partial charge < -0.3 is 10.5 Å². The molecule has 0 aromatic carbocycles. The van der Waals surface area contributed by atoms with E-state index in [4.69, 9.17) is 10.5 Å². The monoisotopic (exact) mass is 197 g/mol. The molecule has 0 saturated heterocycles. The summed E-state index contributed by atoms with van der Waals surface area (Å²) in [5.41, 5.74) is 5.38. The number of rotatable bonds is 3. The molecule has 0 unspecified atom stereocenters. The molecule has 0 aromatic heterocycles. The third kappa shape index (κ3) is 2.27. The highest BCUT2D eigenvalue weighted by Crippen LogP contribution is 2.31. The normalized spacial score (nSPS) is 25.8. The molecular weight excluding hydrogens is 178 g/mol. The quantitative estimate of drug-likeness (QED) is 0.699. The van der Waals surface area contributed by atoms with E-state index < -0.39 is 5.54 Å². The minimum atomic E-state index is -0.660. The van der Waals surface area contributed by atoms with Gasteiger partial charge in [0.15, 0.2) is 0 Å². The molecule has 0 spiro atoms. The van der Waals surface area contributed by atoms with Crippen molar-refractivity contribution in [2.24, 2.45) is 11.7 Å². The Kier molecular flexibility index (Phi) is 2.77. The van der Waals surface area contributed by atoms with Gasteiger partial charge in [-0.1, -0.05) is 19.3 Å². The Morgan fingerprint density at radius 1 is 1.29 bits per heavy atom. The van der Waals surface area contributed by atoms with Gasteiger partial charge >= 0.3 is 5.97 Å². The fourth-order valence-corrected chi connectivity index (χ4v) is 2.01. The Morgan fingerprint density at radius 2 is 1.93 bits per heavy atom. The first-order valence-electron chi connectivity index (χ1n) is 5.67. The molecule has 2 aliphatic rings. The van der Waals surface area contributed by atoms with E-state index in [-0.39, 0.29) is 5.97 Å². The molecule has 3 nitrogen and oxygen atoms in total. The Balaban J connectivity index is 1.80. The van der Waals surface area contributed by atoms with Crippen LogP contribution in [0.4, 0.5) is 0 Å². The standard InChI is InChI=1S/C11H19NO2/c12-11(6-2-1-3-7-11)10(13)14-8-9-4-5-9/h9H,1-8,12H2. The van der Waals surface area contributed by atoms with Crippen molar-refractivity contribution in [1.82, 2.24) is 0 Å². The summed E-state index contributed by atoms with van der Waals surface area (Å²) in [4.78, 5) is 11.7. The van der Waals surface area contributed by atoms with Crippen LogP contribution >= 0.6 is 0 Å². The maximum absolute atomic E-state index is 11.7. The SMILES string of the molecule is NC1(C(=O)OCC2CC2)CCCCC1. The third-order valence-corrected chi connectivity index (χ3v) is 3.30. The molecule has 80 valence electrons. The lowest BCUT2D eigenvalue weighted by atomic mass is 9.83. The van der Waals surface area contributed by atoms with Gasteiger partial charge in [0, 0.05) is 0 Å². The maximum Gasteiger partial charge on any atom is 0.326 e. The van der Waals surface area contributed by atoms with Crippen LogP contribution in [0.3, 0.4) is 0 Å². The summed E-state index contributed by atoms with van der Waals surface area (Å²) in [5, 5.41) is 0. The van der Waals surface area contributed by atoms with E-state index in [0.717, 1.165) is 25.7 Å². The molecule has 14 heavy (non-hydrogen) atoms. The van der Waals surface area contributed by atoms with Gasteiger partial charge in [0.05, 0.1) is 6.61 Å². The van der Waals surface area contributed by atoms with Crippen molar-refractivity contribution in [2.45, 2.75) is 50.5 Å². The molecule has 2 aliphatic carbocycles. The van der Waals surface area contributed by atoms with Gasteiger partial charge in [-0.15, -0.1) is 0 Å². The van der Waals surface area contributed by atoms with Gasteiger partial charge in [-0.2, -0.15) is 0 Å². The lowest BCUT2D eigenvalue weighted by molar-refractivity contribution is -0.152. The van der Waals surface area contributed by atoms with Gasteiger partial charge in [0.1, 0.15) is 5.54 Å². The zero-order chi connectivity index (χ0) is 10.0. The van der Waals surface area contributed by atoms with E-state index in [9.17, 15) is 4.79 Å². The van der Waals surface area contributed by atoms with Crippen LogP contribution in [0.1, 0.15) is 44.9 Å². The summed E-state index contributed by atoms with van der Waals surface area (Å²) in [5.74, 6) is 0.468. The number of hydrogen-bond acceptors (Lipinski definition) is 3. The summed E-state index contributed by atoms with van der Waals surface area (Å²) in [7, 11) is 0. The fraction of sp³-hybridized carbons (Fsp3) is 0.909. The van der Waals surface area contributed by atoms with Gasteiger partial charge in [0.25, 0.3) is 0 Å². The van der Waals surface area contributed by atoms with Crippen LogP contribution in [0.25, 0.3) is 0 Å². The smallest absolute Gasteiger partial charge is 0.326 e. The van der Waals surface area contributed by atoms with Crippen molar-refractivity contribution in [2.75, 3.05) is 6.61 Å². The number of carbonyl (C=O) groups is 1. The van der Waals surface area contributed by atoms with E-state index in [1.807, 2.05) is 0 Å². The van der Waals surface area contributed by atoms with Crippen molar-refractivity contribution in [3.05, 3.63) is 0 Å². The highest BCUT2D eigenvalue weighted by Gasteiger charge is 2.37. The molecular formula is C11H19NO2. The van der Waals surface area contributed by atoms with E-state index in [2.05, 4.69) is 0 Å². The highest BCUT2D eigenvalue weighted by atomic mass is 16.5. The van der Waals surface area contributed by atoms with E-state index in [0.29, 0.717) is 12.5 Å². The van der Waals surface area contributed by atoms with Crippen molar-refractivity contribution < 1.29 is 9.53 Å². The summed E-state index contributed by atoms with van der Waals surface area (Å²) in [6.45, 7) is 0.595. The molecule has 2 fully saturated rings. The molecule has 0 radical (unpaired) electrons. The van der Waals surface area contributed by atoms with Crippen molar-refractivity contribution >= 4 is 5.97 Å². The minimum Gasteiger partial charge on any atom is -0.464 e. The highest BCUT2D eigenvalue weighted by molar-refractivity contribution is 5.80. The minimum absolute atomic E-state index is 0.163. The summed E-state index contributed by atoms with van der Waals surface area (Å²) >= 11 is 0. The molecule has 0 heterocycles. The number of nitrogens with two attached hydrogens (primary N) is 1. The molecule has 0 bridgehead atoms. The van der Waals surface area contributed by atoms with Crippen LogP contribution in [0.15, 0.2) is 0 Å². The van der Waals surface area contributed by atoms with Crippen LogP contribution < -0.4 is 5.73 Å². The van der Waals surface area contributed by atoms with Crippen LogP contribution in [0, 0.1) is 5.92 Å². The summed E-state index contributed by atoms with van der Waals surface area (Å²) in [6.07, 6.45) is 7.36. The van der Waals surface area contributed by atoms with E-state index in [1.54, 1.807) is 0 Å². The van der Waals surface area contributed by atoms with Crippen LogP contribution in [0.2, 0.25) is 0 Å². The first-order chi connectivity index (χ1) is 6.71. The lowest BCUT2D eigenvalue weighted by Crippen LogP contribution is -2.50. The first kappa shape index (κ1) is 9.97. The second kappa shape index (κ2) is 3.89. The second-order valence-corrected chi connectivity index (χ2v) is 4.76. The molecule has 0 amide bonds. The molecule has 0 aromatic rings. The summed E-state index contributed by atoms with van der Waals surface area (Å²) < 4.78 is 5.24. The van der Waals surface area contributed by atoms with Gasteiger partial charge in [0.2, 0.25) is 0 Å². The van der Waals surface area contributed by atoms with Crippen molar-refractivity contribution in [3.63, 3.8) is 0 Å². The average Bonchev–Trinajstić information content (AvgIpc) is 2.99. The predicted octanol–water partition coefficient (Wildman–Crippen LogP) is 1.60. The van der Waals surface area contributed by atoms with E-state index >= 15 is 0 Å². The first-order valence-corrected chi connectivity index (χ1v) is 5.67. The average molecular weight is 197 g/mol. The predicted molar refractivity (Wildman–Crippen MR) is 53.7 cm³/mol. The molecule has 0 atom stereocenters. The second-order valence-electron chi connectivity index (χ2n) is 4.76. The van der Waals surface area contributed by atoms with E-state index in [1.165, 1.54) is 19.3 Å². The van der Waals surface area contributed by atoms with Crippen LogP contribution in [-0.2, 0) is 9.53 Å². The Hall–Kier alpha value is -0.570. The Labute approximate surface area is 85.0 Å². The fourth-order valence-electron chi connectivity index (χ4n) is 2.01. The van der Waals surface area contributed by atoms with Gasteiger partial charge in [-0.3, -0.25) is 4.79 Å². The van der Waals surface area contributed by atoms with Crippen molar-refractivity contribution in [1.29, 1.82) is 0 Å². The number of hydrogen-bond donors (Lipinski definition) is 1. The largest absolute Gasteiger partial charge is 0.464 e. The van der Waals surface area contributed by atoms with Gasteiger partial charge in [-0.25, -0.2) is 0 Å². The number of carbonyl (C=O) groups excluding carboxylic acids is 1.